The molecule has 0 aliphatic carbocycles. The maximum Gasteiger partial charge on any atom is 0.225 e. The maximum atomic E-state index is 5.42. The zero-order valence-electron chi connectivity index (χ0n) is 14.2. The van der Waals surface area contributed by atoms with Crippen LogP contribution >= 0.6 is 0 Å². The molecule has 128 valence electrons. The van der Waals surface area contributed by atoms with Gasteiger partial charge >= 0.3 is 0 Å². The van der Waals surface area contributed by atoms with Crippen molar-refractivity contribution in [3.05, 3.63) is 47.8 Å². The van der Waals surface area contributed by atoms with Crippen molar-refractivity contribution in [3.63, 3.8) is 0 Å². The van der Waals surface area contributed by atoms with Gasteiger partial charge in [0, 0.05) is 49.2 Å². The van der Waals surface area contributed by atoms with Crippen LogP contribution < -0.4 is 15.0 Å². The number of nitrogens with zero attached hydrogens (tertiary/aromatic N) is 3. The predicted molar refractivity (Wildman–Crippen MR) is 93.3 cm³/mol. The van der Waals surface area contributed by atoms with Gasteiger partial charge in [-0.1, -0.05) is 18.2 Å². The second-order valence-corrected chi connectivity index (χ2v) is 5.84. The summed E-state index contributed by atoms with van der Waals surface area (Å²) in [7, 11) is 1.70. The third kappa shape index (κ3) is 4.01. The molecular formula is C18H24N4O2. The predicted octanol–water partition coefficient (Wildman–Crippen LogP) is 2.17. The first-order valence-corrected chi connectivity index (χ1v) is 8.28. The lowest BCUT2D eigenvalue weighted by Crippen LogP contribution is -2.37. The molecule has 2 heterocycles. The van der Waals surface area contributed by atoms with E-state index in [1.807, 2.05) is 30.6 Å². The van der Waals surface area contributed by atoms with Crippen LogP contribution in [0, 0.1) is 0 Å². The highest BCUT2D eigenvalue weighted by molar-refractivity contribution is 5.35. The minimum absolute atomic E-state index is 0.181. The van der Waals surface area contributed by atoms with Crippen LogP contribution in [0.5, 0.6) is 5.75 Å². The van der Waals surface area contributed by atoms with E-state index in [1.54, 1.807) is 7.11 Å². The summed E-state index contributed by atoms with van der Waals surface area (Å²) in [6.45, 7) is 6.01. The van der Waals surface area contributed by atoms with Gasteiger partial charge in [0.15, 0.2) is 0 Å². The maximum absolute atomic E-state index is 5.42. The van der Waals surface area contributed by atoms with Crippen molar-refractivity contribution >= 4 is 5.95 Å². The number of benzene rings is 1. The Labute approximate surface area is 142 Å². The summed E-state index contributed by atoms with van der Waals surface area (Å²) in [6.07, 6.45) is 3.78. The van der Waals surface area contributed by atoms with E-state index in [2.05, 4.69) is 33.2 Å². The van der Waals surface area contributed by atoms with E-state index >= 15 is 0 Å². The Bertz CT molecular complexity index is 642. The van der Waals surface area contributed by atoms with Crippen molar-refractivity contribution in [2.24, 2.45) is 0 Å². The molecule has 0 amide bonds. The number of morpholine rings is 1. The van der Waals surface area contributed by atoms with Crippen molar-refractivity contribution < 1.29 is 9.47 Å². The molecule has 0 spiro atoms. The first kappa shape index (κ1) is 16.7. The van der Waals surface area contributed by atoms with Crippen molar-refractivity contribution in [2.45, 2.75) is 19.5 Å². The second kappa shape index (κ2) is 8.08. The molecule has 6 nitrogen and oxygen atoms in total. The van der Waals surface area contributed by atoms with Crippen LogP contribution in [0.2, 0.25) is 0 Å². The Morgan fingerprint density at radius 1 is 1.21 bits per heavy atom. The van der Waals surface area contributed by atoms with E-state index in [9.17, 15) is 0 Å². The Hall–Kier alpha value is -2.18. The fourth-order valence-electron chi connectivity index (χ4n) is 2.77. The fraction of sp³-hybridized carbons (Fsp3) is 0.444. The summed E-state index contributed by atoms with van der Waals surface area (Å²) in [5.74, 6) is 1.68. The summed E-state index contributed by atoms with van der Waals surface area (Å²) in [6, 6.07) is 8.24. The lowest BCUT2D eigenvalue weighted by molar-refractivity contribution is 0.122. The molecule has 1 aromatic heterocycles. The number of ether oxygens (including phenoxy) is 2. The van der Waals surface area contributed by atoms with Crippen LogP contribution in [0.15, 0.2) is 36.7 Å². The molecule has 24 heavy (non-hydrogen) atoms. The molecule has 0 unspecified atom stereocenters. The zero-order valence-corrected chi connectivity index (χ0v) is 14.2. The van der Waals surface area contributed by atoms with Gasteiger partial charge in [0.05, 0.1) is 20.3 Å². The summed E-state index contributed by atoms with van der Waals surface area (Å²) < 4.78 is 10.8. The van der Waals surface area contributed by atoms with Gasteiger partial charge < -0.3 is 19.7 Å². The lowest BCUT2D eigenvalue weighted by Gasteiger charge is -2.26. The minimum atomic E-state index is 0.181. The van der Waals surface area contributed by atoms with Gasteiger partial charge in [-0.05, 0) is 13.0 Å². The molecule has 1 aromatic carbocycles. The van der Waals surface area contributed by atoms with Crippen molar-refractivity contribution in [3.8, 4) is 5.75 Å². The summed E-state index contributed by atoms with van der Waals surface area (Å²) in [4.78, 5) is 11.1. The third-order valence-electron chi connectivity index (χ3n) is 4.20. The fourth-order valence-corrected chi connectivity index (χ4v) is 2.77. The summed E-state index contributed by atoms with van der Waals surface area (Å²) in [5, 5.41) is 3.50. The van der Waals surface area contributed by atoms with Gasteiger partial charge in [-0.3, -0.25) is 0 Å². The standard InChI is InChI=1S/C18H24N4O2/c1-14(16-5-3-4-6-17(16)23-2)19-11-15-12-20-18(21-13-15)22-7-9-24-10-8-22/h3-6,12-14,19H,7-11H2,1-2H3/t14-/m0/s1. The number of rotatable bonds is 6. The molecular weight excluding hydrogens is 304 g/mol. The molecule has 1 N–H and O–H groups in total. The SMILES string of the molecule is COc1ccccc1[C@H](C)NCc1cnc(N2CCOCC2)nc1. The minimum Gasteiger partial charge on any atom is -0.496 e. The molecule has 1 aliphatic heterocycles. The zero-order chi connectivity index (χ0) is 16.8. The topological polar surface area (TPSA) is 59.5 Å². The number of methoxy groups -OCH3 is 1. The first-order valence-electron chi connectivity index (χ1n) is 8.28. The van der Waals surface area contributed by atoms with E-state index in [-0.39, 0.29) is 6.04 Å². The molecule has 0 radical (unpaired) electrons. The van der Waals surface area contributed by atoms with Crippen LogP contribution in [0.25, 0.3) is 0 Å². The second-order valence-electron chi connectivity index (χ2n) is 5.84. The van der Waals surface area contributed by atoms with Crippen molar-refractivity contribution in [1.29, 1.82) is 0 Å². The normalized spacial score (nSPS) is 16.0. The molecule has 0 bridgehead atoms. The van der Waals surface area contributed by atoms with E-state index in [4.69, 9.17) is 9.47 Å². The number of para-hydroxylation sites is 1. The van der Waals surface area contributed by atoms with E-state index in [0.717, 1.165) is 49.1 Å². The van der Waals surface area contributed by atoms with Gasteiger partial charge in [0.1, 0.15) is 5.75 Å². The highest BCUT2D eigenvalue weighted by atomic mass is 16.5. The molecule has 3 rings (SSSR count). The van der Waals surface area contributed by atoms with Crippen LogP contribution in [0.3, 0.4) is 0 Å². The highest BCUT2D eigenvalue weighted by Gasteiger charge is 2.14. The number of hydrogen-bond donors (Lipinski definition) is 1. The van der Waals surface area contributed by atoms with Crippen LogP contribution in [-0.4, -0.2) is 43.4 Å². The Balaban J connectivity index is 1.58. The van der Waals surface area contributed by atoms with Gasteiger partial charge in [-0.2, -0.15) is 0 Å². The number of hydrogen-bond acceptors (Lipinski definition) is 6. The number of aromatic nitrogens is 2. The lowest BCUT2D eigenvalue weighted by atomic mass is 10.1. The first-order chi connectivity index (χ1) is 11.8. The molecule has 1 saturated heterocycles. The van der Waals surface area contributed by atoms with Crippen molar-refractivity contribution in [2.75, 3.05) is 38.3 Å². The highest BCUT2D eigenvalue weighted by Crippen LogP contribution is 2.24. The molecule has 1 aliphatic rings. The molecule has 0 saturated carbocycles. The van der Waals surface area contributed by atoms with Crippen LogP contribution in [0.1, 0.15) is 24.1 Å². The van der Waals surface area contributed by atoms with Crippen LogP contribution in [0.4, 0.5) is 5.95 Å². The van der Waals surface area contributed by atoms with Gasteiger partial charge in [-0.15, -0.1) is 0 Å². The monoisotopic (exact) mass is 328 g/mol. The number of nitrogens with one attached hydrogen (secondary N) is 1. The average molecular weight is 328 g/mol. The molecule has 2 aromatic rings. The van der Waals surface area contributed by atoms with E-state index < -0.39 is 0 Å². The molecule has 1 fully saturated rings. The third-order valence-corrected chi connectivity index (χ3v) is 4.20. The largest absolute Gasteiger partial charge is 0.496 e. The van der Waals surface area contributed by atoms with E-state index in [1.165, 1.54) is 0 Å². The molecule has 1 atom stereocenters. The quantitative estimate of drug-likeness (QED) is 0.877. The Morgan fingerprint density at radius 3 is 2.62 bits per heavy atom. The summed E-state index contributed by atoms with van der Waals surface area (Å²) >= 11 is 0. The molecule has 6 heteroatoms. The summed E-state index contributed by atoms with van der Waals surface area (Å²) in [5.41, 5.74) is 2.21. The van der Waals surface area contributed by atoms with Crippen LogP contribution in [-0.2, 0) is 11.3 Å². The van der Waals surface area contributed by atoms with Gasteiger partial charge in [0.2, 0.25) is 5.95 Å². The van der Waals surface area contributed by atoms with Gasteiger partial charge in [0.25, 0.3) is 0 Å². The number of anilines is 1. The average Bonchev–Trinajstić information content (AvgIpc) is 2.67. The smallest absolute Gasteiger partial charge is 0.225 e. The van der Waals surface area contributed by atoms with Crippen molar-refractivity contribution in [1.82, 2.24) is 15.3 Å². The Kier molecular flexibility index (Phi) is 5.61. The van der Waals surface area contributed by atoms with E-state index in [0.29, 0.717) is 6.54 Å². The van der Waals surface area contributed by atoms with Gasteiger partial charge in [-0.25, -0.2) is 9.97 Å². The Morgan fingerprint density at radius 2 is 1.92 bits per heavy atom.